The summed E-state index contributed by atoms with van der Waals surface area (Å²) in [6, 6.07) is 9.45. The predicted octanol–water partition coefficient (Wildman–Crippen LogP) is 2.93. The molecule has 1 spiro atoms. The van der Waals surface area contributed by atoms with Gasteiger partial charge >= 0.3 is 0 Å². The number of morpholine rings is 1. The molecule has 2 aliphatic rings. The smallest absolute Gasteiger partial charge is 0.256 e. The fraction of sp³-hybridized carbons (Fsp3) is 0.458. The monoisotopic (exact) mass is 470 g/mol. The zero-order valence-electron chi connectivity index (χ0n) is 18.7. The van der Waals surface area contributed by atoms with E-state index in [0.29, 0.717) is 60.2 Å². The van der Waals surface area contributed by atoms with Gasteiger partial charge in [0.15, 0.2) is 17.2 Å². The van der Waals surface area contributed by atoms with Crippen molar-refractivity contribution < 1.29 is 19.4 Å². The predicted molar refractivity (Wildman–Crippen MR) is 123 cm³/mol. The number of ether oxygens (including phenoxy) is 2. The number of aromatic nitrogens is 3. The molecule has 1 aromatic carbocycles. The number of methoxy groups -OCH3 is 1. The molecular weight excluding hydrogens is 444 g/mol. The molecule has 5 rings (SSSR count). The van der Waals surface area contributed by atoms with Gasteiger partial charge in [0, 0.05) is 24.2 Å². The maximum atomic E-state index is 13.6. The summed E-state index contributed by atoms with van der Waals surface area (Å²) in [5.41, 5.74) is 1.70. The average molecular weight is 471 g/mol. The molecule has 1 atom stereocenters. The second kappa shape index (κ2) is 8.59. The fourth-order valence-electron chi connectivity index (χ4n) is 4.81. The Labute approximate surface area is 197 Å². The van der Waals surface area contributed by atoms with Crippen LogP contribution in [0, 0.1) is 0 Å². The van der Waals surface area contributed by atoms with Gasteiger partial charge in [-0.15, -0.1) is 0 Å². The quantitative estimate of drug-likeness (QED) is 0.616. The van der Waals surface area contributed by atoms with Crippen LogP contribution in [-0.2, 0) is 17.6 Å². The molecule has 1 unspecified atom stereocenters. The highest BCUT2D eigenvalue weighted by molar-refractivity contribution is 6.30. The van der Waals surface area contributed by atoms with Crippen LogP contribution in [0.5, 0.6) is 5.75 Å². The lowest BCUT2D eigenvalue weighted by molar-refractivity contribution is -0.154. The van der Waals surface area contributed by atoms with E-state index >= 15 is 0 Å². The van der Waals surface area contributed by atoms with Gasteiger partial charge in [0.2, 0.25) is 0 Å². The van der Waals surface area contributed by atoms with Gasteiger partial charge in [0.05, 0.1) is 37.0 Å². The Morgan fingerprint density at radius 1 is 1.33 bits per heavy atom. The number of hydrogen-bond acceptors (Lipinski definition) is 6. The minimum Gasteiger partial charge on any atom is -0.493 e. The molecule has 8 nitrogen and oxygen atoms in total. The normalized spacial score (nSPS) is 24.8. The van der Waals surface area contributed by atoms with E-state index in [-0.39, 0.29) is 12.0 Å². The highest BCUT2D eigenvalue weighted by Crippen LogP contribution is 2.42. The number of pyridine rings is 1. The van der Waals surface area contributed by atoms with E-state index < -0.39 is 11.6 Å². The van der Waals surface area contributed by atoms with Crippen molar-refractivity contribution in [3.63, 3.8) is 0 Å². The number of halogens is 1. The molecule has 1 saturated carbocycles. The zero-order chi connectivity index (χ0) is 23.2. The molecule has 1 aliphatic heterocycles. The molecule has 1 aliphatic carbocycles. The van der Waals surface area contributed by atoms with Gasteiger partial charge in [0.1, 0.15) is 0 Å². The molecule has 33 heavy (non-hydrogen) atoms. The molecule has 3 heterocycles. The van der Waals surface area contributed by atoms with Crippen LogP contribution < -0.4 is 4.74 Å². The Hall–Kier alpha value is -2.68. The number of carbonyl (C=O) groups is 1. The first-order chi connectivity index (χ1) is 15.9. The number of carbonyl (C=O) groups excluding carboxylic acids is 1. The molecule has 0 radical (unpaired) electrons. The molecular formula is C24H27ClN4O4. The Morgan fingerprint density at radius 3 is 2.88 bits per heavy atom. The van der Waals surface area contributed by atoms with Crippen molar-refractivity contribution in [1.82, 2.24) is 19.5 Å². The van der Waals surface area contributed by atoms with Gasteiger partial charge in [-0.05, 0) is 49.9 Å². The highest BCUT2D eigenvalue weighted by atomic mass is 35.5. The maximum absolute atomic E-state index is 13.6. The first-order valence-electron chi connectivity index (χ1n) is 11.2. The summed E-state index contributed by atoms with van der Waals surface area (Å²) in [6.45, 7) is 2.87. The van der Waals surface area contributed by atoms with Crippen molar-refractivity contribution in [2.75, 3.05) is 20.3 Å². The number of aryl methyl sites for hydroxylation is 2. The zero-order valence-corrected chi connectivity index (χ0v) is 19.5. The SMILES string of the molecule is COc1cc(C(=O)N2CC(C)OCC23CC(O)C3)cn2nc(CCc3cccc(Cl)c3)nc12. The number of hydrogen-bond donors (Lipinski definition) is 1. The van der Waals surface area contributed by atoms with Gasteiger partial charge in [-0.1, -0.05) is 23.7 Å². The minimum atomic E-state index is -0.449. The van der Waals surface area contributed by atoms with E-state index in [4.69, 9.17) is 21.1 Å². The van der Waals surface area contributed by atoms with Crippen molar-refractivity contribution in [3.8, 4) is 5.75 Å². The first-order valence-corrected chi connectivity index (χ1v) is 11.5. The van der Waals surface area contributed by atoms with Crippen LogP contribution in [0.15, 0.2) is 36.5 Å². The average Bonchev–Trinajstić information content (AvgIpc) is 3.20. The second-order valence-corrected chi connectivity index (χ2v) is 9.48. The van der Waals surface area contributed by atoms with Crippen LogP contribution in [-0.4, -0.2) is 68.5 Å². The van der Waals surface area contributed by atoms with Crippen LogP contribution in [0.2, 0.25) is 5.02 Å². The first kappa shape index (κ1) is 22.1. The molecule has 3 aromatic rings. The third-order valence-corrected chi connectivity index (χ3v) is 6.80. The molecule has 1 amide bonds. The van der Waals surface area contributed by atoms with E-state index in [0.717, 1.165) is 12.0 Å². The molecule has 1 saturated heterocycles. The van der Waals surface area contributed by atoms with Crippen molar-refractivity contribution in [2.45, 2.75) is 50.4 Å². The van der Waals surface area contributed by atoms with Gasteiger partial charge in [-0.3, -0.25) is 4.79 Å². The summed E-state index contributed by atoms with van der Waals surface area (Å²) >= 11 is 6.08. The van der Waals surface area contributed by atoms with Crippen molar-refractivity contribution >= 4 is 23.2 Å². The van der Waals surface area contributed by atoms with Gasteiger partial charge in [-0.25, -0.2) is 9.50 Å². The topological polar surface area (TPSA) is 89.2 Å². The molecule has 2 aromatic heterocycles. The Bertz CT molecular complexity index is 1190. The summed E-state index contributed by atoms with van der Waals surface area (Å²) < 4.78 is 13.0. The lowest BCUT2D eigenvalue weighted by Gasteiger charge is -2.55. The molecule has 174 valence electrons. The van der Waals surface area contributed by atoms with E-state index in [9.17, 15) is 9.90 Å². The van der Waals surface area contributed by atoms with E-state index in [1.165, 1.54) is 0 Å². The Balaban J connectivity index is 1.42. The molecule has 0 bridgehead atoms. The molecule has 2 fully saturated rings. The van der Waals surface area contributed by atoms with Crippen LogP contribution in [0.1, 0.15) is 41.5 Å². The summed E-state index contributed by atoms with van der Waals surface area (Å²) in [7, 11) is 1.56. The van der Waals surface area contributed by atoms with Crippen molar-refractivity contribution in [1.29, 1.82) is 0 Å². The second-order valence-electron chi connectivity index (χ2n) is 9.05. The number of aliphatic hydroxyl groups is 1. The largest absolute Gasteiger partial charge is 0.493 e. The third-order valence-electron chi connectivity index (χ3n) is 6.56. The van der Waals surface area contributed by atoms with Crippen LogP contribution in [0.25, 0.3) is 5.65 Å². The van der Waals surface area contributed by atoms with Crippen molar-refractivity contribution in [3.05, 3.63) is 58.5 Å². The number of aliphatic hydroxyl groups excluding tert-OH is 1. The van der Waals surface area contributed by atoms with Crippen LogP contribution in [0.4, 0.5) is 0 Å². The Morgan fingerprint density at radius 2 is 2.15 bits per heavy atom. The van der Waals surface area contributed by atoms with Crippen molar-refractivity contribution in [2.24, 2.45) is 0 Å². The van der Waals surface area contributed by atoms with Gasteiger partial charge < -0.3 is 19.5 Å². The lowest BCUT2D eigenvalue weighted by Crippen LogP contribution is -2.68. The number of nitrogens with zero attached hydrogens (tertiary/aromatic N) is 4. The highest BCUT2D eigenvalue weighted by Gasteiger charge is 2.53. The van der Waals surface area contributed by atoms with Crippen LogP contribution >= 0.6 is 11.6 Å². The van der Waals surface area contributed by atoms with E-state index in [1.807, 2.05) is 36.1 Å². The number of benzene rings is 1. The van der Waals surface area contributed by atoms with Crippen LogP contribution in [0.3, 0.4) is 0 Å². The minimum absolute atomic E-state index is 0.0626. The molecule has 1 N–H and O–H groups in total. The Kier molecular flexibility index (Phi) is 5.76. The maximum Gasteiger partial charge on any atom is 0.256 e. The van der Waals surface area contributed by atoms with E-state index in [2.05, 4.69) is 10.1 Å². The lowest BCUT2D eigenvalue weighted by atomic mass is 9.72. The summed E-state index contributed by atoms with van der Waals surface area (Å²) in [5.74, 6) is 1.04. The number of rotatable bonds is 5. The van der Waals surface area contributed by atoms with E-state index in [1.54, 1.807) is 23.9 Å². The third kappa shape index (κ3) is 4.18. The number of amides is 1. The van der Waals surface area contributed by atoms with Gasteiger partial charge in [0.25, 0.3) is 5.91 Å². The molecule has 9 heteroatoms. The fourth-order valence-corrected chi connectivity index (χ4v) is 5.02. The summed E-state index contributed by atoms with van der Waals surface area (Å²) in [4.78, 5) is 20.1. The standard InChI is InChI=1S/C24H27ClN4O4/c1-15-12-28(24(14-33-15)10-19(30)11-24)23(31)17-9-20(32-2)22-26-21(27-29(22)13-17)7-6-16-4-3-5-18(25)8-16/h3-5,8-9,13,15,19,30H,6-7,10-12,14H2,1-2H3. The summed E-state index contributed by atoms with van der Waals surface area (Å²) in [5, 5.41) is 15.2. The van der Waals surface area contributed by atoms with Gasteiger partial charge in [-0.2, -0.15) is 5.10 Å². The number of fused-ring (bicyclic) bond motifs is 1. The summed E-state index contributed by atoms with van der Waals surface area (Å²) in [6.07, 6.45) is 3.69.